The number of aromatic nitrogens is 1. The standard InChI is InChI=1S/C16H18N2O2/c1-18(2)10-11-20-16(19)15-9-8-14(12-17-15)13-6-4-3-5-7-13/h3-9,12H,10-11H2,1-2H3. The van der Waals surface area contributed by atoms with Gasteiger partial charge in [0, 0.05) is 18.3 Å². The Balaban J connectivity index is 1.99. The highest BCUT2D eigenvalue weighted by Crippen LogP contribution is 2.17. The second-order valence-electron chi connectivity index (χ2n) is 4.74. The summed E-state index contributed by atoms with van der Waals surface area (Å²) in [5.74, 6) is -0.383. The molecule has 0 aliphatic heterocycles. The van der Waals surface area contributed by atoms with Crippen LogP contribution in [0.1, 0.15) is 10.5 Å². The van der Waals surface area contributed by atoms with Gasteiger partial charge in [-0.2, -0.15) is 0 Å². The Kier molecular flexibility index (Phi) is 4.85. The van der Waals surface area contributed by atoms with Gasteiger partial charge in [0.15, 0.2) is 0 Å². The zero-order valence-electron chi connectivity index (χ0n) is 11.7. The Morgan fingerprint density at radius 2 is 1.85 bits per heavy atom. The SMILES string of the molecule is CN(C)CCOC(=O)c1ccc(-c2ccccc2)cn1. The van der Waals surface area contributed by atoms with Crippen molar-refractivity contribution in [2.45, 2.75) is 0 Å². The summed E-state index contributed by atoms with van der Waals surface area (Å²) in [5.41, 5.74) is 2.39. The summed E-state index contributed by atoms with van der Waals surface area (Å²) in [6.45, 7) is 1.07. The summed E-state index contributed by atoms with van der Waals surface area (Å²) in [5, 5.41) is 0. The maximum Gasteiger partial charge on any atom is 0.356 e. The van der Waals surface area contributed by atoms with Gasteiger partial charge in [-0.15, -0.1) is 0 Å². The number of pyridine rings is 1. The topological polar surface area (TPSA) is 42.4 Å². The van der Waals surface area contributed by atoms with Crippen LogP contribution in [-0.4, -0.2) is 43.1 Å². The van der Waals surface area contributed by atoms with Crippen molar-refractivity contribution in [3.8, 4) is 11.1 Å². The molecular formula is C16H18N2O2. The van der Waals surface area contributed by atoms with E-state index in [0.29, 0.717) is 18.8 Å². The highest BCUT2D eigenvalue weighted by Gasteiger charge is 2.09. The fourth-order valence-electron chi connectivity index (χ4n) is 1.71. The van der Waals surface area contributed by atoms with Gasteiger partial charge in [-0.05, 0) is 25.7 Å². The fraction of sp³-hybridized carbons (Fsp3) is 0.250. The van der Waals surface area contributed by atoms with Crippen molar-refractivity contribution in [1.29, 1.82) is 0 Å². The average Bonchev–Trinajstić information content (AvgIpc) is 2.48. The second kappa shape index (κ2) is 6.82. The molecule has 1 aromatic carbocycles. The van der Waals surface area contributed by atoms with Crippen LogP contribution in [0.25, 0.3) is 11.1 Å². The molecule has 2 aromatic rings. The lowest BCUT2D eigenvalue weighted by molar-refractivity contribution is 0.0475. The van der Waals surface area contributed by atoms with E-state index >= 15 is 0 Å². The van der Waals surface area contributed by atoms with Crippen LogP contribution in [-0.2, 0) is 4.74 Å². The smallest absolute Gasteiger partial charge is 0.356 e. The van der Waals surface area contributed by atoms with Crippen LogP contribution in [0.15, 0.2) is 48.7 Å². The largest absolute Gasteiger partial charge is 0.460 e. The van der Waals surface area contributed by atoms with Gasteiger partial charge in [-0.25, -0.2) is 9.78 Å². The molecular weight excluding hydrogens is 252 g/mol. The van der Waals surface area contributed by atoms with E-state index in [2.05, 4.69) is 4.98 Å². The van der Waals surface area contributed by atoms with Gasteiger partial charge in [0.1, 0.15) is 12.3 Å². The third-order valence-electron chi connectivity index (χ3n) is 2.85. The number of esters is 1. The molecule has 0 fully saturated rings. The molecule has 20 heavy (non-hydrogen) atoms. The van der Waals surface area contributed by atoms with E-state index in [0.717, 1.165) is 11.1 Å². The maximum atomic E-state index is 11.8. The highest BCUT2D eigenvalue weighted by molar-refractivity contribution is 5.87. The second-order valence-corrected chi connectivity index (χ2v) is 4.74. The van der Waals surface area contributed by atoms with Crippen LogP contribution in [0.3, 0.4) is 0 Å². The molecule has 0 atom stereocenters. The van der Waals surface area contributed by atoms with Crippen LogP contribution in [0.2, 0.25) is 0 Å². The Hall–Kier alpha value is -2.20. The third kappa shape index (κ3) is 3.90. The summed E-state index contributed by atoms with van der Waals surface area (Å²) in [4.78, 5) is 17.9. The minimum absolute atomic E-state index is 0.337. The molecule has 0 spiro atoms. The summed E-state index contributed by atoms with van der Waals surface area (Å²) in [6, 6.07) is 13.5. The van der Waals surface area contributed by atoms with Gasteiger partial charge in [0.2, 0.25) is 0 Å². The van der Waals surface area contributed by atoms with Crippen molar-refractivity contribution >= 4 is 5.97 Å². The quantitative estimate of drug-likeness (QED) is 0.783. The predicted molar refractivity (Wildman–Crippen MR) is 78.5 cm³/mol. The van der Waals surface area contributed by atoms with Crippen LogP contribution in [0.4, 0.5) is 0 Å². The molecule has 4 nitrogen and oxygen atoms in total. The molecule has 0 saturated heterocycles. The summed E-state index contributed by atoms with van der Waals surface area (Å²) in [6.07, 6.45) is 1.69. The fourth-order valence-corrected chi connectivity index (χ4v) is 1.71. The molecule has 0 N–H and O–H groups in total. The first-order valence-electron chi connectivity index (χ1n) is 6.50. The summed E-state index contributed by atoms with van der Waals surface area (Å²) in [7, 11) is 3.86. The zero-order valence-corrected chi connectivity index (χ0v) is 11.7. The van der Waals surface area contributed by atoms with Crippen LogP contribution >= 0.6 is 0 Å². The minimum Gasteiger partial charge on any atom is -0.460 e. The Labute approximate surface area is 119 Å². The molecule has 0 aliphatic rings. The van der Waals surface area contributed by atoms with Gasteiger partial charge >= 0.3 is 5.97 Å². The van der Waals surface area contributed by atoms with Crippen molar-refractivity contribution in [2.75, 3.05) is 27.2 Å². The van der Waals surface area contributed by atoms with Crippen molar-refractivity contribution < 1.29 is 9.53 Å². The summed E-state index contributed by atoms with van der Waals surface area (Å²) < 4.78 is 5.14. The number of benzene rings is 1. The normalized spacial score (nSPS) is 10.6. The lowest BCUT2D eigenvalue weighted by atomic mass is 10.1. The highest BCUT2D eigenvalue weighted by atomic mass is 16.5. The molecule has 1 heterocycles. The van der Waals surface area contributed by atoms with Crippen molar-refractivity contribution in [1.82, 2.24) is 9.88 Å². The molecule has 2 rings (SSSR count). The van der Waals surface area contributed by atoms with Gasteiger partial charge in [-0.1, -0.05) is 36.4 Å². The first-order valence-corrected chi connectivity index (χ1v) is 6.50. The van der Waals surface area contributed by atoms with Crippen molar-refractivity contribution in [3.05, 3.63) is 54.4 Å². The Morgan fingerprint density at radius 3 is 2.45 bits per heavy atom. The van der Waals surface area contributed by atoms with E-state index in [-0.39, 0.29) is 5.97 Å². The number of rotatable bonds is 5. The van der Waals surface area contributed by atoms with Gasteiger partial charge in [-0.3, -0.25) is 0 Å². The zero-order chi connectivity index (χ0) is 14.4. The number of hydrogen-bond donors (Lipinski definition) is 0. The predicted octanol–water partition coefficient (Wildman–Crippen LogP) is 2.47. The molecule has 1 aromatic heterocycles. The first kappa shape index (κ1) is 14.2. The van der Waals surface area contributed by atoms with E-state index in [1.165, 1.54) is 0 Å². The van der Waals surface area contributed by atoms with Crippen molar-refractivity contribution in [2.24, 2.45) is 0 Å². The number of likely N-dealkylation sites (N-methyl/N-ethyl adjacent to an activating group) is 1. The first-order chi connectivity index (χ1) is 9.66. The third-order valence-corrected chi connectivity index (χ3v) is 2.85. The lowest BCUT2D eigenvalue weighted by Gasteiger charge is -2.09. The van der Waals surface area contributed by atoms with Crippen molar-refractivity contribution in [3.63, 3.8) is 0 Å². The monoisotopic (exact) mass is 270 g/mol. The van der Waals surface area contributed by atoms with E-state index in [4.69, 9.17) is 4.74 Å². The number of carbonyl (C=O) groups is 1. The minimum atomic E-state index is -0.383. The molecule has 0 bridgehead atoms. The number of ether oxygens (including phenoxy) is 1. The molecule has 0 unspecified atom stereocenters. The molecule has 0 radical (unpaired) electrons. The van der Waals surface area contributed by atoms with Gasteiger partial charge in [0.25, 0.3) is 0 Å². The van der Waals surface area contributed by atoms with E-state index in [1.807, 2.05) is 55.4 Å². The molecule has 4 heteroatoms. The van der Waals surface area contributed by atoms with Gasteiger partial charge < -0.3 is 9.64 Å². The summed E-state index contributed by atoms with van der Waals surface area (Å²) >= 11 is 0. The number of nitrogens with zero attached hydrogens (tertiary/aromatic N) is 2. The average molecular weight is 270 g/mol. The molecule has 0 amide bonds. The number of carbonyl (C=O) groups excluding carboxylic acids is 1. The Bertz CT molecular complexity index is 550. The molecule has 104 valence electrons. The van der Waals surface area contributed by atoms with E-state index in [1.54, 1.807) is 12.3 Å². The van der Waals surface area contributed by atoms with Gasteiger partial charge in [0.05, 0.1) is 0 Å². The lowest BCUT2D eigenvalue weighted by Crippen LogP contribution is -2.20. The van der Waals surface area contributed by atoms with Crippen LogP contribution in [0.5, 0.6) is 0 Å². The molecule has 0 saturated carbocycles. The van der Waals surface area contributed by atoms with E-state index < -0.39 is 0 Å². The van der Waals surface area contributed by atoms with Crippen LogP contribution < -0.4 is 0 Å². The Morgan fingerprint density at radius 1 is 1.10 bits per heavy atom. The maximum absolute atomic E-state index is 11.8. The molecule has 0 aliphatic carbocycles. The van der Waals surface area contributed by atoms with E-state index in [9.17, 15) is 4.79 Å². The van der Waals surface area contributed by atoms with Crippen LogP contribution in [0, 0.1) is 0 Å². The number of hydrogen-bond acceptors (Lipinski definition) is 4.